The van der Waals surface area contributed by atoms with Gasteiger partial charge in [-0.25, -0.2) is 0 Å². The van der Waals surface area contributed by atoms with Crippen LogP contribution in [0.25, 0.3) is 0 Å². The molecule has 0 radical (unpaired) electrons. The van der Waals surface area contributed by atoms with Gasteiger partial charge in [-0.15, -0.1) is 0 Å². The Balaban J connectivity index is 2.78. The summed E-state index contributed by atoms with van der Waals surface area (Å²) in [6.45, 7) is 0. The van der Waals surface area contributed by atoms with Crippen molar-refractivity contribution in [2.45, 2.75) is 12.5 Å². The molecule has 0 aliphatic carbocycles. The molecule has 5 nitrogen and oxygen atoms in total. The quantitative estimate of drug-likeness (QED) is 0.526. The lowest BCUT2D eigenvalue weighted by Gasteiger charge is -2.11. The van der Waals surface area contributed by atoms with E-state index in [1.807, 2.05) is 0 Å². The average molecular weight is 197 g/mol. The molecule has 0 aliphatic heterocycles. The van der Waals surface area contributed by atoms with E-state index in [0.29, 0.717) is 5.56 Å². The smallest absolute Gasteiger partial charge is 0.157 e. The van der Waals surface area contributed by atoms with Gasteiger partial charge in [-0.3, -0.25) is 0 Å². The summed E-state index contributed by atoms with van der Waals surface area (Å²) in [6, 6.07) is 3.80. The Hall–Kier alpha value is -1.75. The number of carboxylic acid groups (broad SMARTS) is 1. The summed E-state index contributed by atoms with van der Waals surface area (Å²) in [5.41, 5.74) is 0.400. The number of aliphatic carboxylic acids is 1. The average Bonchev–Trinajstić information content (AvgIpc) is 2.11. The molecule has 0 aliphatic rings. The lowest BCUT2D eigenvalue weighted by molar-refractivity contribution is -0.314. The van der Waals surface area contributed by atoms with Gasteiger partial charge in [-0.05, 0) is 17.7 Å². The zero-order valence-electron chi connectivity index (χ0n) is 7.17. The van der Waals surface area contributed by atoms with Gasteiger partial charge in [0.1, 0.15) is 0 Å². The SMILES string of the molecule is O=C([O-])[C@H](O)Cc1ccc(O)c(O)c1. The molecule has 0 aromatic heterocycles. The first-order valence-corrected chi connectivity index (χ1v) is 3.90. The van der Waals surface area contributed by atoms with Gasteiger partial charge in [0.15, 0.2) is 11.5 Å². The molecule has 3 N–H and O–H groups in total. The van der Waals surface area contributed by atoms with Crippen LogP contribution in [0.1, 0.15) is 5.56 Å². The van der Waals surface area contributed by atoms with Gasteiger partial charge in [0, 0.05) is 6.42 Å². The second-order valence-corrected chi connectivity index (χ2v) is 2.86. The molecule has 0 unspecified atom stereocenters. The molecule has 0 bridgehead atoms. The molecule has 1 rings (SSSR count). The summed E-state index contributed by atoms with van der Waals surface area (Å²) in [4.78, 5) is 10.2. The van der Waals surface area contributed by atoms with E-state index in [4.69, 9.17) is 15.3 Å². The fourth-order valence-electron chi connectivity index (χ4n) is 1.00. The number of aliphatic hydroxyl groups is 1. The van der Waals surface area contributed by atoms with E-state index in [2.05, 4.69) is 0 Å². The summed E-state index contributed by atoms with van der Waals surface area (Å²) in [7, 11) is 0. The molecule has 5 heteroatoms. The molecule has 0 spiro atoms. The van der Waals surface area contributed by atoms with E-state index < -0.39 is 12.1 Å². The molecule has 0 heterocycles. The Morgan fingerprint density at radius 1 is 1.36 bits per heavy atom. The molecule has 1 aromatic carbocycles. The van der Waals surface area contributed by atoms with Crippen molar-refractivity contribution in [2.75, 3.05) is 0 Å². The Labute approximate surface area is 79.9 Å². The van der Waals surface area contributed by atoms with Gasteiger partial charge in [0.25, 0.3) is 0 Å². The lowest BCUT2D eigenvalue weighted by Crippen LogP contribution is -2.36. The van der Waals surface area contributed by atoms with Crippen molar-refractivity contribution in [3.05, 3.63) is 23.8 Å². The molecule has 0 saturated heterocycles. The number of phenols is 2. The number of rotatable bonds is 3. The number of hydrogen-bond acceptors (Lipinski definition) is 5. The third-order valence-corrected chi connectivity index (χ3v) is 1.74. The van der Waals surface area contributed by atoms with Gasteiger partial charge in [0.2, 0.25) is 0 Å². The van der Waals surface area contributed by atoms with Crippen LogP contribution in [0.3, 0.4) is 0 Å². The number of aliphatic hydroxyl groups excluding tert-OH is 1. The van der Waals surface area contributed by atoms with Gasteiger partial charge >= 0.3 is 0 Å². The third kappa shape index (κ3) is 2.37. The molecular formula is C9H9O5-. The fourth-order valence-corrected chi connectivity index (χ4v) is 1.00. The number of benzene rings is 1. The number of hydrogen-bond donors (Lipinski definition) is 3. The largest absolute Gasteiger partial charge is 0.547 e. The minimum Gasteiger partial charge on any atom is -0.547 e. The Kier molecular flexibility index (Phi) is 2.93. The Morgan fingerprint density at radius 2 is 2.00 bits per heavy atom. The van der Waals surface area contributed by atoms with E-state index >= 15 is 0 Å². The first kappa shape index (κ1) is 10.3. The number of carboxylic acids is 1. The van der Waals surface area contributed by atoms with Gasteiger partial charge in [-0.1, -0.05) is 6.07 Å². The van der Waals surface area contributed by atoms with Gasteiger partial charge in [0.05, 0.1) is 12.1 Å². The standard InChI is InChI=1S/C9H10O5/c10-6-2-1-5(3-7(6)11)4-8(12)9(13)14/h1-3,8,10-12H,4H2,(H,13,14)/p-1/t8-/m1/s1. The molecule has 76 valence electrons. The van der Waals surface area contributed by atoms with Crippen LogP contribution in [-0.2, 0) is 11.2 Å². The van der Waals surface area contributed by atoms with Crippen LogP contribution in [0, 0.1) is 0 Å². The van der Waals surface area contributed by atoms with Crippen molar-refractivity contribution in [3.63, 3.8) is 0 Å². The highest BCUT2D eigenvalue weighted by Gasteiger charge is 2.08. The predicted molar refractivity (Wildman–Crippen MR) is 44.5 cm³/mol. The van der Waals surface area contributed by atoms with E-state index in [-0.39, 0.29) is 17.9 Å². The number of carbonyl (C=O) groups excluding carboxylic acids is 1. The molecule has 1 atom stereocenters. The zero-order chi connectivity index (χ0) is 10.7. The Bertz CT molecular complexity index is 347. The maximum atomic E-state index is 10.2. The normalized spacial score (nSPS) is 12.4. The first-order valence-electron chi connectivity index (χ1n) is 3.90. The number of carbonyl (C=O) groups is 1. The molecule has 0 amide bonds. The van der Waals surface area contributed by atoms with Crippen molar-refractivity contribution in [1.82, 2.24) is 0 Å². The number of aromatic hydroxyl groups is 2. The van der Waals surface area contributed by atoms with E-state index in [1.54, 1.807) is 0 Å². The van der Waals surface area contributed by atoms with Crippen LogP contribution >= 0.6 is 0 Å². The van der Waals surface area contributed by atoms with Crippen LogP contribution in [0.2, 0.25) is 0 Å². The molecule has 0 fully saturated rings. The van der Waals surface area contributed by atoms with Crippen LogP contribution in [-0.4, -0.2) is 27.4 Å². The van der Waals surface area contributed by atoms with E-state index in [0.717, 1.165) is 0 Å². The van der Waals surface area contributed by atoms with Gasteiger partial charge in [-0.2, -0.15) is 0 Å². The number of phenolic OH excluding ortho intramolecular Hbond substituents is 2. The zero-order valence-corrected chi connectivity index (χ0v) is 7.17. The topological polar surface area (TPSA) is 101 Å². The van der Waals surface area contributed by atoms with E-state index in [1.165, 1.54) is 18.2 Å². The maximum absolute atomic E-state index is 10.2. The monoisotopic (exact) mass is 197 g/mol. The van der Waals surface area contributed by atoms with Crippen molar-refractivity contribution in [2.24, 2.45) is 0 Å². The lowest BCUT2D eigenvalue weighted by atomic mass is 10.1. The third-order valence-electron chi connectivity index (χ3n) is 1.74. The fraction of sp³-hybridized carbons (Fsp3) is 0.222. The molecule has 0 saturated carbocycles. The van der Waals surface area contributed by atoms with Crippen molar-refractivity contribution >= 4 is 5.97 Å². The highest BCUT2D eigenvalue weighted by molar-refractivity contribution is 5.70. The van der Waals surface area contributed by atoms with Crippen LogP contribution < -0.4 is 5.11 Å². The summed E-state index contributed by atoms with van der Waals surface area (Å²) < 4.78 is 0. The van der Waals surface area contributed by atoms with Crippen molar-refractivity contribution in [3.8, 4) is 11.5 Å². The van der Waals surface area contributed by atoms with Crippen molar-refractivity contribution in [1.29, 1.82) is 0 Å². The summed E-state index contributed by atoms with van der Waals surface area (Å²) in [6.07, 6.45) is -1.78. The van der Waals surface area contributed by atoms with Crippen LogP contribution in [0.4, 0.5) is 0 Å². The highest BCUT2D eigenvalue weighted by Crippen LogP contribution is 2.25. The maximum Gasteiger partial charge on any atom is 0.157 e. The highest BCUT2D eigenvalue weighted by atomic mass is 16.4. The summed E-state index contributed by atoms with van der Waals surface area (Å²) in [5, 5.41) is 37.1. The van der Waals surface area contributed by atoms with E-state index in [9.17, 15) is 9.90 Å². The minimum absolute atomic E-state index is 0.170. The molecule has 1 aromatic rings. The van der Waals surface area contributed by atoms with Crippen LogP contribution in [0.15, 0.2) is 18.2 Å². The Morgan fingerprint density at radius 3 is 2.50 bits per heavy atom. The van der Waals surface area contributed by atoms with Gasteiger partial charge < -0.3 is 25.2 Å². The molecule has 14 heavy (non-hydrogen) atoms. The first-order chi connectivity index (χ1) is 6.50. The van der Waals surface area contributed by atoms with Crippen molar-refractivity contribution < 1.29 is 25.2 Å². The summed E-state index contributed by atoms with van der Waals surface area (Å²) >= 11 is 0. The molecular weight excluding hydrogens is 188 g/mol. The second kappa shape index (κ2) is 3.97. The van der Waals surface area contributed by atoms with Crippen LogP contribution in [0.5, 0.6) is 11.5 Å². The predicted octanol–water partition coefficient (Wildman–Crippen LogP) is -1.25. The second-order valence-electron chi connectivity index (χ2n) is 2.86. The summed E-state index contributed by atoms with van der Waals surface area (Å²) in [5.74, 6) is -2.22. The minimum atomic E-state index is -1.61.